The van der Waals surface area contributed by atoms with E-state index < -0.39 is 53.6 Å². The normalized spacial score (nSPS) is 22.6. The van der Waals surface area contributed by atoms with E-state index in [0.717, 1.165) is 37.8 Å². The Hall–Kier alpha value is -2.92. The van der Waals surface area contributed by atoms with Gasteiger partial charge in [-0.15, -0.1) is 0 Å². The lowest BCUT2D eigenvalue weighted by molar-refractivity contribution is -0.130. The molecule has 2 aliphatic carbocycles. The van der Waals surface area contributed by atoms with Crippen LogP contribution in [0.5, 0.6) is 5.75 Å². The Balaban J connectivity index is 1.32. The Labute approximate surface area is 203 Å². The number of halogens is 6. The van der Waals surface area contributed by atoms with Crippen LogP contribution in [0.3, 0.4) is 0 Å². The number of oxazole rings is 1. The third-order valence-electron chi connectivity index (χ3n) is 7.29. The molecule has 2 aromatic rings. The number of carbonyl (C=O) groups is 1. The molecule has 1 amide bonds. The van der Waals surface area contributed by atoms with Gasteiger partial charge in [-0.3, -0.25) is 4.79 Å². The average Bonchev–Trinajstić information content (AvgIpc) is 3.45. The summed E-state index contributed by atoms with van der Waals surface area (Å²) in [6.07, 6.45) is -3.51. The molecule has 0 radical (unpaired) electrons. The number of ether oxygens (including phenoxy) is 1. The van der Waals surface area contributed by atoms with Gasteiger partial charge in [0.05, 0.1) is 0 Å². The summed E-state index contributed by atoms with van der Waals surface area (Å²) in [5, 5.41) is 2.31. The van der Waals surface area contributed by atoms with E-state index >= 15 is 0 Å². The first-order chi connectivity index (χ1) is 16.9. The van der Waals surface area contributed by atoms with Crippen LogP contribution >= 0.6 is 0 Å². The summed E-state index contributed by atoms with van der Waals surface area (Å²) in [6.45, 7) is 1.17. The molecule has 2 saturated carbocycles. The zero-order valence-electron chi connectivity index (χ0n) is 19.3. The van der Waals surface area contributed by atoms with E-state index in [1.807, 2.05) is 0 Å². The second-order valence-electron chi connectivity index (χ2n) is 9.94. The lowest BCUT2D eigenvalue weighted by Gasteiger charge is -2.37. The van der Waals surface area contributed by atoms with Crippen LogP contribution in [0.2, 0.25) is 0 Å². The predicted octanol–water partition coefficient (Wildman–Crippen LogP) is 6.12. The van der Waals surface area contributed by atoms with Crippen LogP contribution in [0.1, 0.15) is 61.2 Å². The molecule has 1 N–H and O–H groups in total. The standard InChI is InChI=1S/C24H25F6N3O3/c25-15-11-14(4-5-16(15)35-18-3-1-8-23(18,26)27)31-20(34)19-17(12-24(28,29)30)36-21(32-19)33-10-9-22(13-33)6-2-7-22/h4-5,11,18H,1-3,6-10,12-13H2,(H,31,34). The number of carbonyl (C=O) groups excluding carboxylic acids is 1. The summed E-state index contributed by atoms with van der Waals surface area (Å²) in [5.41, 5.74) is -0.506. The van der Waals surface area contributed by atoms with Crippen molar-refractivity contribution < 1.29 is 40.3 Å². The number of alkyl halides is 5. The maximum atomic E-state index is 14.5. The van der Waals surface area contributed by atoms with Crippen LogP contribution in [-0.4, -0.2) is 42.2 Å². The Bertz CT molecular complexity index is 1140. The van der Waals surface area contributed by atoms with Gasteiger partial charge in [-0.25, -0.2) is 13.2 Å². The number of nitrogens with one attached hydrogen (secondary N) is 1. The Morgan fingerprint density at radius 1 is 1.19 bits per heavy atom. The highest BCUT2D eigenvalue weighted by Gasteiger charge is 2.46. The first kappa shape index (κ1) is 24.8. The number of anilines is 2. The van der Waals surface area contributed by atoms with Crippen LogP contribution < -0.4 is 15.0 Å². The SMILES string of the molecule is O=C(Nc1ccc(OC2CCCC2(F)F)c(F)c1)c1nc(N2CCC3(CCC3)C2)oc1CC(F)(F)F. The average molecular weight is 517 g/mol. The molecular formula is C24H25F6N3O3. The largest absolute Gasteiger partial charge is 0.481 e. The molecule has 3 aliphatic rings. The van der Waals surface area contributed by atoms with Crippen molar-refractivity contribution in [3.05, 3.63) is 35.5 Å². The topological polar surface area (TPSA) is 67.6 Å². The summed E-state index contributed by atoms with van der Waals surface area (Å²) >= 11 is 0. The van der Waals surface area contributed by atoms with Crippen LogP contribution in [0.15, 0.2) is 22.6 Å². The zero-order valence-corrected chi connectivity index (χ0v) is 19.3. The molecule has 1 aromatic heterocycles. The van der Waals surface area contributed by atoms with E-state index in [-0.39, 0.29) is 36.4 Å². The molecule has 6 nitrogen and oxygen atoms in total. The number of amides is 1. The van der Waals surface area contributed by atoms with Gasteiger partial charge in [0.25, 0.3) is 17.8 Å². The van der Waals surface area contributed by atoms with Crippen LogP contribution in [0.25, 0.3) is 0 Å². The monoisotopic (exact) mass is 517 g/mol. The lowest BCUT2D eigenvalue weighted by Crippen LogP contribution is -2.33. The predicted molar refractivity (Wildman–Crippen MR) is 117 cm³/mol. The number of rotatable bonds is 6. The van der Waals surface area contributed by atoms with Crippen molar-refractivity contribution in [2.75, 3.05) is 23.3 Å². The lowest BCUT2D eigenvalue weighted by atomic mass is 9.68. The molecule has 2 heterocycles. The minimum absolute atomic E-state index is 0.0457. The molecule has 1 aliphatic heterocycles. The van der Waals surface area contributed by atoms with Crippen molar-refractivity contribution in [3.8, 4) is 5.75 Å². The minimum atomic E-state index is -4.64. The number of nitrogens with zero attached hydrogens (tertiary/aromatic N) is 2. The van der Waals surface area contributed by atoms with Gasteiger partial charge in [-0.2, -0.15) is 18.2 Å². The molecule has 1 spiro atoms. The van der Waals surface area contributed by atoms with E-state index in [0.29, 0.717) is 13.1 Å². The molecule has 5 rings (SSSR count). The first-order valence-electron chi connectivity index (χ1n) is 11.9. The van der Waals surface area contributed by atoms with E-state index in [1.54, 1.807) is 4.90 Å². The van der Waals surface area contributed by atoms with E-state index in [2.05, 4.69) is 10.3 Å². The molecule has 36 heavy (non-hydrogen) atoms. The van der Waals surface area contributed by atoms with Gasteiger partial charge in [0.1, 0.15) is 12.2 Å². The van der Waals surface area contributed by atoms with Gasteiger partial charge in [0, 0.05) is 31.3 Å². The molecule has 196 valence electrons. The summed E-state index contributed by atoms with van der Waals surface area (Å²) < 4.78 is 92.1. The summed E-state index contributed by atoms with van der Waals surface area (Å²) in [5.74, 6) is -6.09. The molecule has 12 heteroatoms. The van der Waals surface area contributed by atoms with Crippen molar-refractivity contribution >= 4 is 17.6 Å². The fraction of sp³-hybridized carbons (Fsp3) is 0.583. The Morgan fingerprint density at radius 3 is 2.56 bits per heavy atom. The Morgan fingerprint density at radius 2 is 1.97 bits per heavy atom. The van der Waals surface area contributed by atoms with Gasteiger partial charge >= 0.3 is 6.18 Å². The van der Waals surface area contributed by atoms with Crippen molar-refractivity contribution in [1.29, 1.82) is 0 Å². The van der Waals surface area contributed by atoms with E-state index in [1.165, 1.54) is 6.07 Å². The summed E-state index contributed by atoms with van der Waals surface area (Å²) in [7, 11) is 0. The van der Waals surface area contributed by atoms with Crippen LogP contribution in [-0.2, 0) is 6.42 Å². The van der Waals surface area contributed by atoms with Gasteiger partial charge in [0.2, 0.25) is 0 Å². The van der Waals surface area contributed by atoms with Gasteiger partial charge in [-0.05, 0) is 49.7 Å². The smallest absolute Gasteiger partial charge is 0.396 e. The maximum absolute atomic E-state index is 14.5. The molecule has 1 unspecified atom stereocenters. The molecule has 1 atom stereocenters. The molecule has 1 aromatic carbocycles. The number of aromatic nitrogens is 1. The third-order valence-corrected chi connectivity index (χ3v) is 7.29. The fourth-order valence-corrected chi connectivity index (χ4v) is 5.20. The number of hydrogen-bond donors (Lipinski definition) is 1. The highest BCUT2D eigenvalue weighted by atomic mass is 19.4. The van der Waals surface area contributed by atoms with Crippen molar-refractivity contribution in [3.63, 3.8) is 0 Å². The number of hydrogen-bond acceptors (Lipinski definition) is 5. The van der Waals surface area contributed by atoms with Crippen molar-refractivity contribution in [1.82, 2.24) is 4.98 Å². The second-order valence-corrected chi connectivity index (χ2v) is 9.94. The van der Waals surface area contributed by atoms with E-state index in [4.69, 9.17) is 9.15 Å². The second kappa shape index (κ2) is 8.88. The van der Waals surface area contributed by atoms with Crippen LogP contribution in [0, 0.1) is 11.2 Å². The first-order valence-corrected chi connectivity index (χ1v) is 11.9. The number of benzene rings is 1. The fourth-order valence-electron chi connectivity index (χ4n) is 5.20. The van der Waals surface area contributed by atoms with Crippen LogP contribution in [0.4, 0.5) is 38.0 Å². The highest BCUT2D eigenvalue weighted by Crippen LogP contribution is 2.49. The molecule has 0 bridgehead atoms. The zero-order chi connectivity index (χ0) is 25.7. The van der Waals surface area contributed by atoms with Gasteiger partial charge in [0.15, 0.2) is 23.4 Å². The van der Waals surface area contributed by atoms with Crippen molar-refractivity contribution in [2.24, 2.45) is 5.41 Å². The van der Waals surface area contributed by atoms with Crippen molar-refractivity contribution in [2.45, 2.75) is 69.6 Å². The maximum Gasteiger partial charge on any atom is 0.396 e. The minimum Gasteiger partial charge on any atom is -0.481 e. The molecule has 3 fully saturated rings. The summed E-state index contributed by atoms with van der Waals surface area (Å²) in [4.78, 5) is 18.6. The quantitative estimate of drug-likeness (QED) is 0.468. The third kappa shape index (κ3) is 4.99. The van der Waals surface area contributed by atoms with E-state index in [9.17, 15) is 31.1 Å². The van der Waals surface area contributed by atoms with Gasteiger partial charge < -0.3 is 19.4 Å². The summed E-state index contributed by atoms with van der Waals surface area (Å²) in [6, 6.07) is 3.11. The van der Waals surface area contributed by atoms with Gasteiger partial charge in [-0.1, -0.05) is 6.42 Å². The molecular weight excluding hydrogens is 492 g/mol. The highest BCUT2D eigenvalue weighted by molar-refractivity contribution is 6.03. The molecule has 1 saturated heterocycles. The Kier molecular flexibility index (Phi) is 6.11.